The van der Waals surface area contributed by atoms with Crippen LogP contribution in [0.2, 0.25) is 0 Å². The van der Waals surface area contributed by atoms with E-state index in [1.165, 1.54) is 0 Å². The second-order valence-electron chi connectivity index (χ2n) is 6.29. The predicted octanol–water partition coefficient (Wildman–Crippen LogP) is 3.89. The SMILES string of the molecule is Cc1cncc(CN[C@H](C)c2ccc(NC(=O)c3ccncc3)cc2)c1. The normalized spacial score (nSPS) is 11.8. The fourth-order valence-electron chi connectivity index (χ4n) is 2.66. The number of carbonyl (C=O) groups excluding carboxylic acids is 1. The summed E-state index contributed by atoms with van der Waals surface area (Å²) in [5.41, 5.74) is 4.84. The number of anilines is 1. The average molecular weight is 346 g/mol. The molecule has 26 heavy (non-hydrogen) atoms. The van der Waals surface area contributed by atoms with Gasteiger partial charge in [-0.15, -0.1) is 0 Å². The van der Waals surface area contributed by atoms with Crippen LogP contribution in [0.15, 0.2) is 67.3 Å². The molecule has 3 rings (SSSR count). The number of aryl methyl sites for hydroxylation is 1. The Hall–Kier alpha value is -3.05. The van der Waals surface area contributed by atoms with Crippen molar-refractivity contribution >= 4 is 11.6 Å². The zero-order valence-corrected chi connectivity index (χ0v) is 14.9. The molecule has 3 aromatic rings. The molecular weight excluding hydrogens is 324 g/mol. The van der Waals surface area contributed by atoms with Gasteiger partial charge >= 0.3 is 0 Å². The van der Waals surface area contributed by atoms with E-state index in [4.69, 9.17) is 0 Å². The molecule has 5 nitrogen and oxygen atoms in total. The summed E-state index contributed by atoms with van der Waals surface area (Å²) in [6.07, 6.45) is 6.95. The number of aromatic nitrogens is 2. The molecular formula is C21H22N4O. The van der Waals surface area contributed by atoms with E-state index in [0.717, 1.165) is 28.9 Å². The maximum atomic E-state index is 12.2. The first-order chi connectivity index (χ1) is 12.6. The first kappa shape index (κ1) is 17.8. The van der Waals surface area contributed by atoms with Gasteiger partial charge in [-0.2, -0.15) is 0 Å². The summed E-state index contributed by atoms with van der Waals surface area (Å²) in [6, 6.07) is 13.6. The number of rotatable bonds is 6. The summed E-state index contributed by atoms with van der Waals surface area (Å²) in [5, 5.41) is 6.39. The van der Waals surface area contributed by atoms with Gasteiger partial charge in [0.05, 0.1) is 0 Å². The summed E-state index contributed by atoms with van der Waals surface area (Å²) in [4.78, 5) is 20.3. The second kappa shape index (κ2) is 8.36. The van der Waals surface area contributed by atoms with Crippen LogP contribution in [0.3, 0.4) is 0 Å². The van der Waals surface area contributed by atoms with E-state index >= 15 is 0 Å². The number of hydrogen-bond donors (Lipinski definition) is 2. The lowest BCUT2D eigenvalue weighted by Gasteiger charge is -2.15. The molecule has 1 aromatic carbocycles. The molecule has 2 N–H and O–H groups in total. The number of nitrogens with one attached hydrogen (secondary N) is 2. The highest BCUT2D eigenvalue weighted by atomic mass is 16.1. The van der Waals surface area contributed by atoms with Crippen LogP contribution in [-0.4, -0.2) is 15.9 Å². The molecule has 0 saturated heterocycles. The third-order valence-electron chi connectivity index (χ3n) is 4.16. The van der Waals surface area contributed by atoms with Crippen molar-refractivity contribution in [3.05, 3.63) is 89.5 Å². The number of benzene rings is 1. The van der Waals surface area contributed by atoms with Crippen molar-refractivity contribution in [2.75, 3.05) is 5.32 Å². The molecule has 2 aromatic heterocycles. The van der Waals surface area contributed by atoms with Gasteiger partial charge in [-0.25, -0.2) is 0 Å². The van der Waals surface area contributed by atoms with Gasteiger partial charge in [-0.05, 0) is 54.8 Å². The van der Waals surface area contributed by atoms with Crippen molar-refractivity contribution in [1.29, 1.82) is 0 Å². The molecule has 0 spiro atoms. The van der Waals surface area contributed by atoms with Gasteiger partial charge in [0.1, 0.15) is 0 Å². The van der Waals surface area contributed by atoms with Crippen LogP contribution in [0, 0.1) is 6.92 Å². The molecule has 5 heteroatoms. The maximum Gasteiger partial charge on any atom is 0.255 e. The Labute approximate surface area is 153 Å². The summed E-state index contributed by atoms with van der Waals surface area (Å²) in [6.45, 7) is 4.92. The fraction of sp³-hybridized carbons (Fsp3) is 0.190. The highest BCUT2D eigenvalue weighted by Crippen LogP contribution is 2.17. The quantitative estimate of drug-likeness (QED) is 0.711. The molecule has 0 saturated carbocycles. The Balaban J connectivity index is 1.57. The van der Waals surface area contributed by atoms with Gasteiger partial charge in [0.25, 0.3) is 5.91 Å². The highest BCUT2D eigenvalue weighted by molar-refractivity contribution is 6.04. The third-order valence-corrected chi connectivity index (χ3v) is 4.16. The maximum absolute atomic E-state index is 12.2. The van der Waals surface area contributed by atoms with Gasteiger partial charge in [0.2, 0.25) is 0 Å². The largest absolute Gasteiger partial charge is 0.322 e. The zero-order valence-electron chi connectivity index (χ0n) is 14.9. The van der Waals surface area contributed by atoms with Crippen LogP contribution < -0.4 is 10.6 Å². The van der Waals surface area contributed by atoms with Crippen LogP contribution in [0.25, 0.3) is 0 Å². The number of carbonyl (C=O) groups is 1. The molecule has 0 unspecified atom stereocenters. The van der Waals surface area contributed by atoms with E-state index in [1.807, 2.05) is 43.6 Å². The van der Waals surface area contributed by atoms with Crippen LogP contribution in [0.1, 0.15) is 40.0 Å². The summed E-state index contributed by atoms with van der Waals surface area (Å²) in [5.74, 6) is -0.140. The van der Waals surface area contributed by atoms with Crippen molar-refractivity contribution < 1.29 is 4.79 Å². The highest BCUT2D eigenvalue weighted by Gasteiger charge is 2.08. The van der Waals surface area contributed by atoms with E-state index < -0.39 is 0 Å². The van der Waals surface area contributed by atoms with Crippen molar-refractivity contribution in [3.8, 4) is 0 Å². The monoisotopic (exact) mass is 346 g/mol. The molecule has 0 aliphatic rings. The van der Waals surface area contributed by atoms with Gasteiger partial charge < -0.3 is 10.6 Å². The smallest absolute Gasteiger partial charge is 0.255 e. The first-order valence-corrected chi connectivity index (χ1v) is 8.57. The van der Waals surface area contributed by atoms with E-state index in [2.05, 4.69) is 33.6 Å². The van der Waals surface area contributed by atoms with Gasteiger partial charge in [0.15, 0.2) is 0 Å². The molecule has 0 bridgehead atoms. The van der Waals surface area contributed by atoms with Gasteiger partial charge in [-0.3, -0.25) is 14.8 Å². The lowest BCUT2D eigenvalue weighted by Crippen LogP contribution is -2.18. The Morgan fingerprint density at radius 3 is 2.46 bits per heavy atom. The Kier molecular flexibility index (Phi) is 5.71. The van der Waals surface area contributed by atoms with Crippen molar-refractivity contribution in [1.82, 2.24) is 15.3 Å². The summed E-state index contributed by atoms with van der Waals surface area (Å²) >= 11 is 0. The Bertz CT molecular complexity index is 863. The summed E-state index contributed by atoms with van der Waals surface area (Å²) in [7, 11) is 0. The molecule has 1 atom stereocenters. The minimum atomic E-state index is -0.140. The van der Waals surface area contributed by atoms with Crippen LogP contribution >= 0.6 is 0 Å². The molecule has 132 valence electrons. The van der Waals surface area contributed by atoms with Crippen LogP contribution in [0.5, 0.6) is 0 Å². The van der Waals surface area contributed by atoms with E-state index in [0.29, 0.717) is 5.56 Å². The van der Waals surface area contributed by atoms with Gasteiger partial charge in [-0.1, -0.05) is 18.2 Å². The second-order valence-corrected chi connectivity index (χ2v) is 6.29. The predicted molar refractivity (Wildman–Crippen MR) is 103 cm³/mol. The number of hydrogen-bond acceptors (Lipinski definition) is 4. The third kappa shape index (κ3) is 4.74. The van der Waals surface area contributed by atoms with Crippen LogP contribution in [0.4, 0.5) is 5.69 Å². The molecule has 0 aliphatic heterocycles. The Morgan fingerprint density at radius 2 is 1.77 bits per heavy atom. The molecule has 2 heterocycles. The van der Waals surface area contributed by atoms with Crippen LogP contribution in [-0.2, 0) is 6.54 Å². The number of nitrogens with zero attached hydrogens (tertiary/aromatic N) is 2. The molecule has 0 fully saturated rings. The minimum absolute atomic E-state index is 0.140. The molecule has 1 amide bonds. The minimum Gasteiger partial charge on any atom is -0.322 e. The fourth-order valence-corrected chi connectivity index (χ4v) is 2.66. The van der Waals surface area contributed by atoms with E-state index in [-0.39, 0.29) is 11.9 Å². The van der Waals surface area contributed by atoms with E-state index in [9.17, 15) is 4.79 Å². The standard InChI is InChI=1S/C21H22N4O/c1-15-11-17(13-23-12-15)14-24-16(2)18-3-5-20(6-4-18)25-21(26)19-7-9-22-10-8-19/h3-13,16,24H,14H2,1-2H3,(H,25,26)/t16-/m1/s1. The number of amides is 1. The lowest BCUT2D eigenvalue weighted by atomic mass is 10.1. The number of pyridine rings is 2. The topological polar surface area (TPSA) is 66.9 Å². The molecule has 0 aliphatic carbocycles. The van der Waals surface area contributed by atoms with Crippen molar-refractivity contribution in [2.24, 2.45) is 0 Å². The van der Waals surface area contributed by atoms with E-state index in [1.54, 1.807) is 24.5 Å². The molecule has 0 radical (unpaired) electrons. The first-order valence-electron chi connectivity index (χ1n) is 8.57. The van der Waals surface area contributed by atoms with Crippen molar-refractivity contribution in [2.45, 2.75) is 26.4 Å². The van der Waals surface area contributed by atoms with Gasteiger partial charge in [0, 0.05) is 48.6 Å². The Morgan fingerprint density at radius 1 is 1.04 bits per heavy atom. The summed E-state index contributed by atoms with van der Waals surface area (Å²) < 4.78 is 0. The van der Waals surface area contributed by atoms with Crippen molar-refractivity contribution in [3.63, 3.8) is 0 Å². The average Bonchev–Trinajstić information content (AvgIpc) is 2.67. The zero-order chi connectivity index (χ0) is 18.4. The lowest BCUT2D eigenvalue weighted by molar-refractivity contribution is 0.102.